The number of para-hydroxylation sites is 1. The number of anilines is 1. The van der Waals surface area contributed by atoms with Gasteiger partial charge in [-0.2, -0.15) is 0 Å². The van der Waals surface area contributed by atoms with Gasteiger partial charge in [-0.25, -0.2) is 8.42 Å². The molecule has 0 unspecified atom stereocenters. The topological polar surface area (TPSA) is 96.0 Å². The fourth-order valence-corrected chi connectivity index (χ4v) is 5.42. The van der Waals surface area contributed by atoms with Crippen LogP contribution in [0.25, 0.3) is 0 Å². The van der Waals surface area contributed by atoms with Crippen LogP contribution in [0.4, 0.5) is 5.69 Å². The van der Waals surface area contributed by atoms with Crippen LogP contribution in [0.3, 0.4) is 0 Å². The van der Waals surface area contributed by atoms with Gasteiger partial charge < -0.3 is 15.0 Å². The van der Waals surface area contributed by atoms with Crippen molar-refractivity contribution < 1.29 is 22.7 Å². The Morgan fingerprint density at radius 2 is 1.59 bits per heavy atom. The van der Waals surface area contributed by atoms with Gasteiger partial charge in [-0.1, -0.05) is 61.4 Å². The number of rotatable bonds is 13. The molecule has 3 aromatic rings. The highest BCUT2D eigenvalue weighted by molar-refractivity contribution is 7.92. The van der Waals surface area contributed by atoms with Gasteiger partial charge in [0.2, 0.25) is 11.8 Å². The van der Waals surface area contributed by atoms with Crippen molar-refractivity contribution in [1.29, 1.82) is 0 Å². The zero-order valence-electron chi connectivity index (χ0n) is 23.0. The molecule has 0 aliphatic carbocycles. The second-order valence-corrected chi connectivity index (χ2v) is 11.2. The van der Waals surface area contributed by atoms with Gasteiger partial charge in [0, 0.05) is 13.1 Å². The number of hydrogen-bond donors (Lipinski definition) is 1. The van der Waals surface area contributed by atoms with Gasteiger partial charge in [0.15, 0.2) is 0 Å². The molecule has 0 saturated heterocycles. The summed E-state index contributed by atoms with van der Waals surface area (Å²) in [6.45, 7) is 5.72. The summed E-state index contributed by atoms with van der Waals surface area (Å²) in [6.07, 6.45) is 1.74. The van der Waals surface area contributed by atoms with Crippen LogP contribution >= 0.6 is 0 Å². The minimum Gasteiger partial charge on any atom is -0.497 e. The number of carbonyl (C=O) groups excluding carboxylic acids is 2. The van der Waals surface area contributed by atoms with Crippen molar-refractivity contribution in [1.82, 2.24) is 10.2 Å². The van der Waals surface area contributed by atoms with Crippen molar-refractivity contribution in [3.8, 4) is 5.75 Å². The molecule has 1 N–H and O–H groups in total. The number of nitrogens with zero attached hydrogens (tertiary/aromatic N) is 2. The fraction of sp³-hybridized carbons (Fsp3) is 0.333. The van der Waals surface area contributed by atoms with E-state index in [1.165, 1.54) is 17.0 Å². The zero-order valence-corrected chi connectivity index (χ0v) is 23.8. The van der Waals surface area contributed by atoms with Gasteiger partial charge in [0.25, 0.3) is 10.0 Å². The highest BCUT2D eigenvalue weighted by atomic mass is 32.2. The van der Waals surface area contributed by atoms with Crippen LogP contribution in [0.15, 0.2) is 83.8 Å². The van der Waals surface area contributed by atoms with Crippen molar-refractivity contribution >= 4 is 27.5 Å². The summed E-state index contributed by atoms with van der Waals surface area (Å²) in [5, 5.41) is 2.88. The molecule has 8 nitrogen and oxygen atoms in total. The highest BCUT2D eigenvalue weighted by Gasteiger charge is 2.32. The lowest BCUT2D eigenvalue weighted by Gasteiger charge is -2.32. The largest absolute Gasteiger partial charge is 0.497 e. The monoisotopic (exact) mass is 551 g/mol. The number of ether oxygens (including phenoxy) is 1. The smallest absolute Gasteiger partial charge is 0.264 e. The predicted molar refractivity (Wildman–Crippen MR) is 153 cm³/mol. The lowest BCUT2D eigenvalue weighted by atomic mass is 10.1. The van der Waals surface area contributed by atoms with Crippen molar-refractivity contribution in [2.24, 2.45) is 0 Å². The number of methoxy groups -OCH3 is 1. The highest BCUT2D eigenvalue weighted by Crippen LogP contribution is 2.25. The molecule has 0 spiro atoms. The summed E-state index contributed by atoms with van der Waals surface area (Å²) in [6, 6.07) is 21.4. The zero-order chi connectivity index (χ0) is 28.4. The minimum absolute atomic E-state index is 0.0804. The summed E-state index contributed by atoms with van der Waals surface area (Å²) in [5.74, 6) is -0.122. The molecular formula is C30H37N3O5S. The Labute approximate surface area is 231 Å². The van der Waals surface area contributed by atoms with Crippen LogP contribution in [0.5, 0.6) is 5.75 Å². The summed E-state index contributed by atoms with van der Waals surface area (Å²) >= 11 is 0. The van der Waals surface area contributed by atoms with E-state index in [0.717, 1.165) is 28.3 Å². The first-order chi connectivity index (χ1) is 18.7. The lowest BCUT2D eigenvalue weighted by molar-refractivity contribution is -0.139. The third kappa shape index (κ3) is 7.83. The van der Waals surface area contributed by atoms with E-state index < -0.39 is 28.5 Å². The first kappa shape index (κ1) is 29.7. The van der Waals surface area contributed by atoms with Crippen LogP contribution in [-0.4, -0.2) is 51.4 Å². The molecule has 39 heavy (non-hydrogen) atoms. The maximum atomic E-state index is 13.9. The van der Waals surface area contributed by atoms with Crippen molar-refractivity contribution in [2.45, 2.75) is 51.1 Å². The Morgan fingerprint density at radius 3 is 2.18 bits per heavy atom. The second kappa shape index (κ2) is 13.8. The van der Waals surface area contributed by atoms with E-state index in [1.807, 2.05) is 26.0 Å². The first-order valence-corrected chi connectivity index (χ1v) is 14.5. The van der Waals surface area contributed by atoms with E-state index in [-0.39, 0.29) is 17.3 Å². The number of unbranched alkanes of at least 4 members (excludes halogenated alkanes) is 1. The summed E-state index contributed by atoms with van der Waals surface area (Å²) in [4.78, 5) is 28.4. The Morgan fingerprint density at radius 1 is 0.949 bits per heavy atom. The molecule has 0 fully saturated rings. The van der Waals surface area contributed by atoms with E-state index in [0.29, 0.717) is 18.0 Å². The van der Waals surface area contributed by atoms with Gasteiger partial charge in [-0.05, 0) is 62.2 Å². The Bertz CT molecular complexity index is 1330. The molecule has 1 atom stereocenters. The van der Waals surface area contributed by atoms with Crippen molar-refractivity contribution in [3.63, 3.8) is 0 Å². The number of hydrogen-bond acceptors (Lipinski definition) is 5. The molecule has 0 heterocycles. The molecule has 0 saturated carbocycles. The summed E-state index contributed by atoms with van der Waals surface area (Å²) < 4.78 is 33.9. The second-order valence-electron chi connectivity index (χ2n) is 9.35. The average molecular weight is 552 g/mol. The molecule has 2 amide bonds. The molecular weight excluding hydrogens is 514 g/mol. The Hall–Kier alpha value is -3.85. The van der Waals surface area contributed by atoms with Crippen LogP contribution in [0.1, 0.15) is 37.8 Å². The maximum Gasteiger partial charge on any atom is 0.264 e. The van der Waals surface area contributed by atoms with E-state index in [4.69, 9.17) is 4.74 Å². The lowest BCUT2D eigenvalue weighted by Crippen LogP contribution is -2.51. The standard InChI is InChI=1S/C30H37N3O5S/c1-5-6-20-31-30(35)24(3)32(21-25-14-16-27(38-4)17-15-25)29(34)22-33(26-10-8-7-9-11-26)39(36,37)28-18-12-23(2)13-19-28/h7-19,24H,5-6,20-22H2,1-4H3,(H,31,35)/t24-/m0/s1. The van der Waals surface area contributed by atoms with E-state index in [2.05, 4.69) is 5.32 Å². The van der Waals surface area contributed by atoms with Crippen LogP contribution in [0.2, 0.25) is 0 Å². The summed E-state index contributed by atoms with van der Waals surface area (Å²) in [7, 11) is -2.51. The van der Waals surface area contributed by atoms with E-state index in [1.54, 1.807) is 68.6 Å². The van der Waals surface area contributed by atoms with Gasteiger partial charge in [0.05, 0.1) is 17.7 Å². The van der Waals surface area contributed by atoms with Gasteiger partial charge in [0.1, 0.15) is 18.3 Å². The third-order valence-corrected chi connectivity index (χ3v) is 8.23. The van der Waals surface area contributed by atoms with Gasteiger partial charge in [-0.15, -0.1) is 0 Å². The van der Waals surface area contributed by atoms with E-state index in [9.17, 15) is 18.0 Å². The van der Waals surface area contributed by atoms with Gasteiger partial charge in [-0.3, -0.25) is 13.9 Å². The van der Waals surface area contributed by atoms with Crippen LogP contribution in [-0.2, 0) is 26.2 Å². The molecule has 3 rings (SSSR count). The quantitative estimate of drug-likeness (QED) is 0.315. The molecule has 0 radical (unpaired) electrons. The van der Waals surface area contributed by atoms with Gasteiger partial charge >= 0.3 is 0 Å². The van der Waals surface area contributed by atoms with Crippen molar-refractivity contribution in [3.05, 3.63) is 90.0 Å². The van der Waals surface area contributed by atoms with Crippen molar-refractivity contribution in [2.75, 3.05) is 24.5 Å². The molecule has 9 heteroatoms. The minimum atomic E-state index is -4.08. The molecule has 0 aliphatic rings. The maximum absolute atomic E-state index is 13.9. The normalized spacial score (nSPS) is 11.9. The number of sulfonamides is 1. The average Bonchev–Trinajstić information content (AvgIpc) is 2.95. The number of nitrogens with one attached hydrogen (secondary N) is 1. The molecule has 208 valence electrons. The number of carbonyl (C=O) groups is 2. The number of amides is 2. The van der Waals surface area contributed by atoms with E-state index >= 15 is 0 Å². The third-order valence-electron chi connectivity index (χ3n) is 6.44. The molecule has 0 aromatic heterocycles. The summed E-state index contributed by atoms with van der Waals surface area (Å²) in [5.41, 5.74) is 2.06. The Balaban J connectivity index is 1.96. The number of aryl methyl sites for hydroxylation is 1. The predicted octanol–water partition coefficient (Wildman–Crippen LogP) is 4.53. The van der Waals surface area contributed by atoms with Crippen LogP contribution < -0.4 is 14.4 Å². The number of benzene rings is 3. The Kier molecular flexibility index (Phi) is 10.5. The molecule has 3 aromatic carbocycles. The van der Waals surface area contributed by atoms with Crippen LogP contribution in [0, 0.1) is 6.92 Å². The molecule has 0 aliphatic heterocycles. The first-order valence-electron chi connectivity index (χ1n) is 13.0. The SMILES string of the molecule is CCCCNC(=O)[C@H](C)N(Cc1ccc(OC)cc1)C(=O)CN(c1ccccc1)S(=O)(=O)c1ccc(C)cc1. The molecule has 0 bridgehead atoms. The fourth-order valence-electron chi connectivity index (χ4n) is 4.01.